The van der Waals surface area contributed by atoms with E-state index < -0.39 is 17.7 Å². The van der Waals surface area contributed by atoms with Crippen molar-refractivity contribution in [2.24, 2.45) is 5.16 Å². The van der Waals surface area contributed by atoms with Crippen LogP contribution in [0.3, 0.4) is 0 Å². The first kappa shape index (κ1) is 11.2. The summed E-state index contributed by atoms with van der Waals surface area (Å²) in [7, 11) is 1.30. The number of hydrogen-bond donors (Lipinski definition) is 0. The van der Waals surface area contributed by atoms with Gasteiger partial charge in [-0.25, -0.2) is 4.79 Å². The quantitative estimate of drug-likeness (QED) is 0.392. The second kappa shape index (κ2) is 3.52. The van der Waals surface area contributed by atoms with Gasteiger partial charge in [0.25, 0.3) is 0 Å². The van der Waals surface area contributed by atoms with E-state index in [4.69, 9.17) is 9.57 Å². The van der Waals surface area contributed by atoms with Crippen molar-refractivity contribution in [3.63, 3.8) is 0 Å². The third-order valence-electron chi connectivity index (χ3n) is 3.35. The highest BCUT2D eigenvalue weighted by atomic mass is 79.9. The van der Waals surface area contributed by atoms with Gasteiger partial charge in [0.15, 0.2) is 17.1 Å². The van der Waals surface area contributed by atoms with Crippen molar-refractivity contribution in [3.8, 4) is 0 Å². The predicted octanol–water partition coefficient (Wildman–Crippen LogP) is 0.178. The third-order valence-corrected chi connectivity index (χ3v) is 4.12. The van der Waals surface area contributed by atoms with Gasteiger partial charge in [0.1, 0.15) is 12.2 Å². The van der Waals surface area contributed by atoms with Gasteiger partial charge >= 0.3 is 5.97 Å². The number of rotatable bonds is 1. The topological polar surface area (TPSA) is 77.5 Å². The molecule has 92 valence electrons. The Labute approximate surface area is 105 Å². The fourth-order valence-electron chi connectivity index (χ4n) is 2.41. The summed E-state index contributed by atoms with van der Waals surface area (Å²) in [5.74, 6) is -0.460. The van der Waals surface area contributed by atoms with Gasteiger partial charge in [0.05, 0.1) is 11.9 Å². The van der Waals surface area contributed by atoms with E-state index in [2.05, 4.69) is 25.8 Å². The van der Waals surface area contributed by atoms with Crippen LogP contribution in [0.5, 0.6) is 0 Å². The monoisotopic (exact) mass is 303 g/mol. The molecule has 3 rings (SSSR count). The number of Topliss-reactive ketones (excluding diaryl/α,β-unsaturated/α-hetero) is 1. The molecule has 1 aliphatic carbocycles. The van der Waals surface area contributed by atoms with Crippen LogP contribution in [0.4, 0.5) is 0 Å². The summed E-state index contributed by atoms with van der Waals surface area (Å²) < 4.78 is 9.93. The van der Waals surface area contributed by atoms with Crippen molar-refractivity contribution < 1.29 is 23.9 Å². The normalized spacial score (nSPS) is 42.8. The lowest BCUT2D eigenvalue weighted by Gasteiger charge is -2.29. The number of hydrogen-bond acceptors (Lipinski definition) is 6. The minimum Gasteiger partial charge on any atom is -0.464 e. The van der Waals surface area contributed by atoms with Crippen LogP contribution in [-0.2, 0) is 23.9 Å². The molecule has 0 radical (unpaired) electrons. The number of methoxy groups -OCH3 is 1. The molecular weight excluding hydrogens is 294 g/mol. The van der Waals surface area contributed by atoms with Gasteiger partial charge in [-0.05, 0) is 0 Å². The van der Waals surface area contributed by atoms with E-state index in [1.54, 1.807) is 0 Å². The second-order valence-corrected chi connectivity index (χ2v) is 5.52. The van der Waals surface area contributed by atoms with E-state index in [-0.39, 0.29) is 22.4 Å². The van der Waals surface area contributed by atoms with E-state index >= 15 is 0 Å². The molecule has 0 amide bonds. The molecule has 17 heavy (non-hydrogen) atoms. The maximum absolute atomic E-state index is 11.6. The zero-order valence-corrected chi connectivity index (χ0v) is 10.6. The lowest BCUT2D eigenvalue weighted by molar-refractivity contribution is -0.132. The van der Waals surface area contributed by atoms with Crippen LogP contribution >= 0.6 is 15.9 Å². The van der Waals surface area contributed by atoms with E-state index in [1.165, 1.54) is 7.11 Å². The number of epoxide rings is 1. The second-order valence-electron chi connectivity index (χ2n) is 4.41. The molecule has 0 aromatic heterocycles. The summed E-state index contributed by atoms with van der Waals surface area (Å²) in [5.41, 5.74) is -0.438. The molecule has 1 unspecified atom stereocenters. The largest absolute Gasteiger partial charge is 0.464 e. The Morgan fingerprint density at radius 1 is 1.65 bits per heavy atom. The fraction of sp³-hybridized carbons (Fsp3) is 0.700. The number of oxime groups is 1. The molecule has 2 fully saturated rings. The highest BCUT2D eigenvalue weighted by Crippen LogP contribution is 2.49. The first-order valence-electron chi connectivity index (χ1n) is 5.24. The zero-order chi connectivity index (χ0) is 12.2. The van der Waals surface area contributed by atoms with Gasteiger partial charge < -0.3 is 14.3 Å². The van der Waals surface area contributed by atoms with Crippen LogP contribution in [0.2, 0.25) is 0 Å². The van der Waals surface area contributed by atoms with Gasteiger partial charge in [-0.15, -0.1) is 0 Å². The van der Waals surface area contributed by atoms with Gasteiger partial charge in [0, 0.05) is 12.8 Å². The number of alkyl halides is 1. The van der Waals surface area contributed by atoms with Gasteiger partial charge in [-0.1, -0.05) is 21.1 Å². The minimum atomic E-state index is -0.684. The van der Waals surface area contributed by atoms with Gasteiger partial charge in [-0.3, -0.25) is 4.79 Å². The highest BCUT2D eigenvalue weighted by Gasteiger charge is 2.67. The van der Waals surface area contributed by atoms with E-state index in [1.807, 2.05) is 0 Å². The van der Waals surface area contributed by atoms with Crippen LogP contribution in [-0.4, -0.2) is 47.2 Å². The number of ketones is 1. The number of esters is 1. The van der Waals surface area contributed by atoms with Crippen molar-refractivity contribution in [1.29, 1.82) is 0 Å². The Hall–Kier alpha value is -0.950. The summed E-state index contributed by atoms with van der Waals surface area (Å²) in [5, 5.41) is 3.75. The SMILES string of the molecule is COC(=O)C1=NO[C@@]2(C1)CC(Br)C(=O)[C@H]1O[C@H]12. The van der Waals surface area contributed by atoms with Crippen LogP contribution in [0, 0.1) is 0 Å². The van der Waals surface area contributed by atoms with Crippen LogP contribution in [0.15, 0.2) is 5.16 Å². The van der Waals surface area contributed by atoms with Crippen LogP contribution in [0.1, 0.15) is 12.8 Å². The molecule has 6 nitrogen and oxygen atoms in total. The first-order chi connectivity index (χ1) is 8.07. The molecule has 2 aliphatic heterocycles. The smallest absolute Gasteiger partial charge is 0.355 e. The Bertz CT molecular complexity index is 432. The van der Waals surface area contributed by atoms with Crippen molar-refractivity contribution in [2.75, 3.05) is 7.11 Å². The van der Waals surface area contributed by atoms with E-state index in [9.17, 15) is 9.59 Å². The molecule has 0 bridgehead atoms. The summed E-state index contributed by atoms with van der Waals surface area (Å²) in [4.78, 5) is 28.0. The Balaban J connectivity index is 1.79. The number of carbonyl (C=O) groups is 2. The van der Waals surface area contributed by atoms with Crippen molar-refractivity contribution >= 4 is 33.4 Å². The average molecular weight is 304 g/mol. The molecule has 7 heteroatoms. The standard InChI is InChI=1S/C10H10BrNO5/c1-15-9(14)5-3-10(17-12-5)2-4(11)6(13)7-8(10)16-7/h4,7-8H,2-3H2,1H3/t4?,7-,8-,10-/m1/s1. The number of nitrogens with zero attached hydrogens (tertiary/aromatic N) is 1. The lowest BCUT2D eigenvalue weighted by Crippen LogP contribution is -2.47. The molecule has 1 saturated heterocycles. The molecule has 1 spiro atoms. The van der Waals surface area contributed by atoms with Crippen molar-refractivity contribution in [2.45, 2.75) is 35.5 Å². The van der Waals surface area contributed by atoms with Crippen molar-refractivity contribution in [1.82, 2.24) is 0 Å². The molecule has 0 aromatic carbocycles. The molecule has 4 atom stereocenters. The number of ether oxygens (including phenoxy) is 2. The average Bonchev–Trinajstić information content (AvgIpc) is 3.03. The van der Waals surface area contributed by atoms with Gasteiger partial charge in [-0.2, -0.15) is 0 Å². The maximum Gasteiger partial charge on any atom is 0.355 e. The highest BCUT2D eigenvalue weighted by molar-refractivity contribution is 9.10. The Kier molecular flexibility index (Phi) is 2.31. The molecule has 0 aromatic rings. The number of fused-ring (bicyclic) bond motifs is 2. The Morgan fingerprint density at radius 2 is 2.41 bits per heavy atom. The third kappa shape index (κ3) is 1.52. The summed E-state index contributed by atoms with van der Waals surface area (Å²) >= 11 is 3.30. The van der Waals surface area contributed by atoms with E-state index in [0.29, 0.717) is 12.8 Å². The van der Waals surface area contributed by atoms with Gasteiger partial charge in [0.2, 0.25) is 0 Å². The number of carbonyl (C=O) groups excluding carboxylic acids is 2. The molecule has 0 N–H and O–H groups in total. The molecule has 2 heterocycles. The predicted molar refractivity (Wildman–Crippen MR) is 58.9 cm³/mol. The van der Waals surface area contributed by atoms with Crippen molar-refractivity contribution in [3.05, 3.63) is 0 Å². The number of halogens is 1. The Morgan fingerprint density at radius 3 is 3.12 bits per heavy atom. The van der Waals surface area contributed by atoms with E-state index in [0.717, 1.165) is 0 Å². The summed E-state index contributed by atoms with van der Waals surface area (Å²) in [6.07, 6.45) is 0.0859. The maximum atomic E-state index is 11.6. The molecule has 1 saturated carbocycles. The first-order valence-corrected chi connectivity index (χ1v) is 6.15. The summed E-state index contributed by atoms with van der Waals surface area (Å²) in [6.45, 7) is 0. The van der Waals surface area contributed by atoms with Crippen LogP contribution in [0.25, 0.3) is 0 Å². The lowest BCUT2D eigenvalue weighted by atomic mass is 9.81. The molecular formula is C10H10BrNO5. The fourth-order valence-corrected chi connectivity index (χ4v) is 3.22. The molecule has 3 aliphatic rings. The summed E-state index contributed by atoms with van der Waals surface area (Å²) in [6, 6.07) is 0. The van der Waals surface area contributed by atoms with Crippen LogP contribution < -0.4 is 0 Å². The minimum absolute atomic E-state index is 0.0377. The zero-order valence-electron chi connectivity index (χ0n) is 9.01.